The van der Waals surface area contributed by atoms with E-state index in [1.807, 2.05) is 53.2 Å². The van der Waals surface area contributed by atoms with E-state index in [0.29, 0.717) is 24.4 Å². The van der Waals surface area contributed by atoms with Crippen LogP contribution in [0.2, 0.25) is 0 Å². The maximum atomic E-state index is 12.5. The molecule has 0 saturated heterocycles. The summed E-state index contributed by atoms with van der Waals surface area (Å²) in [7, 11) is 0. The molecule has 0 fully saturated rings. The normalized spacial score (nSPS) is 13.9. The third-order valence-electron chi connectivity index (χ3n) is 4.49. The van der Waals surface area contributed by atoms with E-state index in [9.17, 15) is 9.59 Å². The number of amides is 2. The van der Waals surface area contributed by atoms with E-state index in [4.69, 9.17) is 0 Å². The molecule has 2 heterocycles. The van der Waals surface area contributed by atoms with Crippen LogP contribution < -0.4 is 10.3 Å². The quantitative estimate of drug-likeness (QED) is 0.747. The van der Waals surface area contributed by atoms with Crippen molar-refractivity contribution in [3.05, 3.63) is 78.9 Å². The lowest BCUT2D eigenvalue weighted by Gasteiger charge is -2.23. The molecule has 28 heavy (non-hydrogen) atoms. The number of rotatable bonds is 5. The number of carbonyl (C=O) groups excluding carboxylic acids is 2. The highest BCUT2D eigenvalue weighted by atomic mass is 16.2. The Morgan fingerprint density at radius 3 is 2.50 bits per heavy atom. The molecule has 0 aliphatic carbocycles. The van der Waals surface area contributed by atoms with Crippen molar-refractivity contribution in [2.75, 3.05) is 5.01 Å². The summed E-state index contributed by atoms with van der Waals surface area (Å²) in [4.78, 5) is 28.7. The molecule has 1 aromatic heterocycles. The lowest BCUT2D eigenvalue weighted by atomic mass is 10.1. The van der Waals surface area contributed by atoms with Crippen LogP contribution in [0.5, 0.6) is 0 Å². The number of para-hydroxylation sites is 1. The first kappa shape index (κ1) is 17.7. The van der Waals surface area contributed by atoms with Gasteiger partial charge in [-0.15, -0.1) is 0 Å². The molecule has 0 bridgehead atoms. The fourth-order valence-electron chi connectivity index (χ4n) is 2.97. The molecular formula is C21H19N5O2. The van der Waals surface area contributed by atoms with Gasteiger partial charge < -0.3 is 9.88 Å². The van der Waals surface area contributed by atoms with Crippen LogP contribution in [0, 0.1) is 0 Å². The minimum atomic E-state index is -0.257. The van der Waals surface area contributed by atoms with Gasteiger partial charge in [-0.1, -0.05) is 30.3 Å². The van der Waals surface area contributed by atoms with Gasteiger partial charge in [0.05, 0.1) is 12.0 Å². The Balaban J connectivity index is 1.41. The van der Waals surface area contributed by atoms with Crippen LogP contribution in [0.4, 0.5) is 5.69 Å². The van der Waals surface area contributed by atoms with Crippen molar-refractivity contribution in [3.8, 4) is 5.69 Å². The van der Waals surface area contributed by atoms with E-state index in [1.165, 1.54) is 5.01 Å². The number of nitrogens with zero attached hydrogens (tertiary/aromatic N) is 4. The molecule has 4 rings (SSSR count). The predicted octanol–water partition coefficient (Wildman–Crippen LogP) is 2.67. The number of imidazole rings is 1. The van der Waals surface area contributed by atoms with Gasteiger partial charge in [0, 0.05) is 37.5 Å². The van der Waals surface area contributed by atoms with Gasteiger partial charge in [-0.3, -0.25) is 9.59 Å². The van der Waals surface area contributed by atoms with Crippen LogP contribution in [0.3, 0.4) is 0 Å². The van der Waals surface area contributed by atoms with Crippen LogP contribution in [-0.4, -0.2) is 27.1 Å². The molecule has 1 aliphatic heterocycles. The Hall–Kier alpha value is -3.74. The first-order valence-electron chi connectivity index (χ1n) is 9.02. The Morgan fingerprint density at radius 2 is 1.79 bits per heavy atom. The first-order chi connectivity index (χ1) is 13.7. The smallest absolute Gasteiger partial charge is 0.267 e. The third-order valence-corrected chi connectivity index (χ3v) is 4.49. The van der Waals surface area contributed by atoms with E-state index in [1.54, 1.807) is 24.7 Å². The average Bonchev–Trinajstić information content (AvgIpc) is 3.28. The van der Waals surface area contributed by atoms with Crippen molar-refractivity contribution >= 4 is 23.2 Å². The largest absolute Gasteiger partial charge is 0.347 e. The van der Waals surface area contributed by atoms with Crippen molar-refractivity contribution in [2.45, 2.75) is 19.4 Å². The van der Waals surface area contributed by atoms with Gasteiger partial charge in [-0.2, -0.15) is 5.10 Å². The van der Waals surface area contributed by atoms with Crippen LogP contribution in [0.25, 0.3) is 5.69 Å². The standard InChI is InChI=1S/C21H19N5O2/c27-20-11-10-19(24-26(20)18-4-2-1-3-5-18)21(28)23-14-16-6-8-17(9-7-16)25-13-12-22-15-25/h1-9,12-13,15H,10-11,14H2,(H,23,28). The number of aromatic nitrogens is 2. The fourth-order valence-corrected chi connectivity index (χ4v) is 2.97. The summed E-state index contributed by atoms with van der Waals surface area (Å²) in [5, 5.41) is 8.46. The molecule has 0 saturated carbocycles. The molecule has 0 radical (unpaired) electrons. The summed E-state index contributed by atoms with van der Waals surface area (Å²) < 4.78 is 1.91. The third kappa shape index (κ3) is 3.83. The second kappa shape index (κ2) is 7.87. The van der Waals surface area contributed by atoms with Gasteiger partial charge >= 0.3 is 0 Å². The lowest BCUT2D eigenvalue weighted by molar-refractivity contribution is -0.119. The molecule has 3 aromatic rings. The zero-order chi connectivity index (χ0) is 19.3. The van der Waals surface area contributed by atoms with Crippen molar-refractivity contribution in [3.63, 3.8) is 0 Å². The molecule has 1 aliphatic rings. The maximum Gasteiger partial charge on any atom is 0.267 e. The van der Waals surface area contributed by atoms with Crippen LogP contribution in [0.1, 0.15) is 18.4 Å². The van der Waals surface area contributed by atoms with Gasteiger partial charge in [0.15, 0.2) is 0 Å². The van der Waals surface area contributed by atoms with E-state index in [0.717, 1.165) is 11.3 Å². The second-order valence-electron chi connectivity index (χ2n) is 6.41. The zero-order valence-corrected chi connectivity index (χ0v) is 15.2. The highest BCUT2D eigenvalue weighted by Gasteiger charge is 2.25. The van der Waals surface area contributed by atoms with Crippen molar-refractivity contribution in [1.82, 2.24) is 14.9 Å². The molecule has 2 amide bonds. The van der Waals surface area contributed by atoms with Gasteiger partial charge in [0.2, 0.25) is 5.91 Å². The van der Waals surface area contributed by atoms with Crippen LogP contribution >= 0.6 is 0 Å². The van der Waals surface area contributed by atoms with Crippen molar-refractivity contribution in [2.24, 2.45) is 5.10 Å². The topological polar surface area (TPSA) is 79.6 Å². The van der Waals surface area contributed by atoms with E-state index in [2.05, 4.69) is 15.4 Å². The van der Waals surface area contributed by atoms with Gasteiger partial charge in [0.1, 0.15) is 5.71 Å². The average molecular weight is 373 g/mol. The SMILES string of the molecule is O=C(NCc1ccc(-n2ccnc2)cc1)C1=NN(c2ccccc2)C(=O)CC1. The first-order valence-corrected chi connectivity index (χ1v) is 9.02. The molecule has 0 unspecified atom stereocenters. The molecule has 2 aromatic carbocycles. The predicted molar refractivity (Wildman–Crippen MR) is 106 cm³/mol. The number of hydrazone groups is 1. The molecule has 0 spiro atoms. The number of benzene rings is 2. The minimum Gasteiger partial charge on any atom is -0.347 e. The molecule has 0 atom stereocenters. The van der Waals surface area contributed by atoms with Crippen molar-refractivity contribution in [1.29, 1.82) is 0 Å². The Bertz CT molecular complexity index is 995. The Labute approximate surface area is 162 Å². The van der Waals surface area contributed by atoms with Crippen LogP contribution in [0.15, 0.2) is 78.4 Å². The summed E-state index contributed by atoms with van der Waals surface area (Å²) in [6.45, 7) is 0.390. The fraction of sp³-hybridized carbons (Fsp3) is 0.143. The summed E-state index contributed by atoms with van der Waals surface area (Å²) >= 11 is 0. The number of anilines is 1. The van der Waals surface area contributed by atoms with Gasteiger partial charge in [0.25, 0.3) is 5.91 Å². The second-order valence-corrected chi connectivity index (χ2v) is 6.41. The molecular weight excluding hydrogens is 354 g/mol. The Kier molecular flexibility index (Phi) is 4.97. The number of hydrogen-bond acceptors (Lipinski definition) is 4. The molecule has 7 heteroatoms. The summed E-state index contributed by atoms with van der Waals surface area (Å²) in [6.07, 6.45) is 5.94. The number of nitrogens with one attached hydrogen (secondary N) is 1. The summed E-state index contributed by atoms with van der Waals surface area (Å²) in [5.74, 6) is -0.370. The molecule has 7 nitrogen and oxygen atoms in total. The summed E-state index contributed by atoms with van der Waals surface area (Å²) in [5.41, 5.74) is 3.00. The minimum absolute atomic E-state index is 0.113. The van der Waals surface area contributed by atoms with E-state index >= 15 is 0 Å². The van der Waals surface area contributed by atoms with Crippen LogP contribution in [-0.2, 0) is 16.1 Å². The van der Waals surface area contributed by atoms with E-state index in [-0.39, 0.29) is 18.2 Å². The lowest BCUT2D eigenvalue weighted by Crippen LogP contribution is -2.38. The van der Waals surface area contributed by atoms with Gasteiger partial charge in [-0.25, -0.2) is 9.99 Å². The monoisotopic (exact) mass is 373 g/mol. The number of carbonyl (C=O) groups is 2. The number of hydrogen-bond donors (Lipinski definition) is 1. The van der Waals surface area contributed by atoms with Gasteiger partial charge in [-0.05, 0) is 29.8 Å². The summed E-state index contributed by atoms with van der Waals surface area (Å²) in [6, 6.07) is 17.0. The molecule has 1 N–H and O–H groups in total. The van der Waals surface area contributed by atoms with Crippen molar-refractivity contribution < 1.29 is 9.59 Å². The maximum absolute atomic E-state index is 12.5. The zero-order valence-electron chi connectivity index (χ0n) is 15.2. The highest BCUT2D eigenvalue weighted by molar-refractivity contribution is 6.40. The Morgan fingerprint density at radius 1 is 1.00 bits per heavy atom. The highest BCUT2D eigenvalue weighted by Crippen LogP contribution is 2.19. The molecule has 140 valence electrons. The van der Waals surface area contributed by atoms with E-state index < -0.39 is 0 Å².